The monoisotopic (exact) mass is 796 g/mol. The van der Waals surface area contributed by atoms with Crippen molar-refractivity contribution >= 4 is 57.4 Å². The number of allylic oxidation sites excluding steroid dienone is 4. The molecule has 0 spiro atoms. The molecule has 52 heavy (non-hydrogen) atoms. The Balaban J connectivity index is 1.77. The van der Waals surface area contributed by atoms with Gasteiger partial charge in [0.25, 0.3) is 40.5 Å². The van der Waals surface area contributed by atoms with E-state index in [0.717, 1.165) is 0 Å². The Morgan fingerprint density at radius 1 is 0.788 bits per heavy atom. The molecule has 0 saturated carbocycles. The number of fused-ring (bicyclic) bond motifs is 1. The molecular formula is C33H36N2O13S4. The van der Waals surface area contributed by atoms with Gasteiger partial charge in [-0.25, -0.2) is 0 Å². The molecule has 15 nitrogen and oxygen atoms in total. The highest BCUT2D eigenvalue weighted by Crippen LogP contribution is 2.51. The summed E-state index contributed by atoms with van der Waals surface area (Å²) in [6.45, 7) is 3.25. The van der Waals surface area contributed by atoms with E-state index in [1.54, 1.807) is 32.1 Å². The molecule has 1 heterocycles. The molecule has 0 amide bonds. The van der Waals surface area contributed by atoms with E-state index in [0.29, 0.717) is 28.1 Å². The lowest BCUT2D eigenvalue weighted by Crippen LogP contribution is -2.43. The second kappa shape index (κ2) is 14.5. The van der Waals surface area contributed by atoms with Gasteiger partial charge in [0.1, 0.15) is 16.4 Å². The van der Waals surface area contributed by atoms with Gasteiger partial charge < -0.3 is 10.1 Å². The number of anilines is 1. The quantitative estimate of drug-likeness (QED) is 0.120. The standard InChI is InChI=1S/C33H36N2O13S4/c1-21-27(34-15-7-17-49(36,37)38)14-13-22-19-23-20-25(24-9-3-5-11-28(24)51(42,43)44)31(35-16-8-18-50(39,40)41)33(2,32(23)48-30(21)22)26-10-4-6-12-29(26)52(45,46)47/h3-6,9-14,20,34H,7-8,15-19H2,1-2H3,(H,36,37,38)(H,39,40,41)(H,42,43,44)(H,45,46,47). The summed E-state index contributed by atoms with van der Waals surface area (Å²) in [6.07, 6.45) is 1.68. The van der Waals surface area contributed by atoms with Crippen LogP contribution in [0.3, 0.4) is 0 Å². The highest BCUT2D eigenvalue weighted by atomic mass is 32.2. The molecule has 1 atom stereocenters. The van der Waals surface area contributed by atoms with Crippen LogP contribution in [0.2, 0.25) is 0 Å². The van der Waals surface area contributed by atoms with E-state index in [1.807, 2.05) is 0 Å². The molecule has 0 radical (unpaired) electrons. The number of rotatable bonds is 13. The Kier molecular flexibility index (Phi) is 10.9. The van der Waals surface area contributed by atoms with Crippen LogP contribution in [0.25, 0.3) is 5.57 Å². The van der Waals surface area contributed by atoms with Gasteiger partial charge >= 0.3 is 0 Å². The summed E-state index contributed by atoms with van der Waals surface area (Å²) in [5.74, 6) is -0.594. The van der Waals surface area contributed by atoms with Crippen molar-refractivity contribution in [3.8, 4) is 5.75 Å². The van der Waals surface area contributed by atoms with Crippen molar-refractivity contribution in [1.29, 1.82) is 0 Å². The molecule has 19 heteroatoms. The third kappa shape index (κ3) is 8.47. The van der Waals surface area contributed by atoms with Gasteiger partial charge in [-0.2, -0.15) is 33.7 Å². The van der Waals surface area contributed by atoms with Gasteiger partial charge in [0.05, 0.1) is 27.5 Å². The van der Waals surface area contributed by atoms with E-state index < -0.39 is 67.2 Å². The molecule has 0 aromatic heterocycles. The molecule has 1 aliphatic heterocycles. The van der Waals surface area contributed by atoms with Gasteiger partial charge in [0.15, 0.2) is 0 Å². The van der Waals surface area contributed by atoms with Crippen molar-refractivity contribution in [3.05, 3.63) is 100 Å². The van der Waals surface area contributed by atoms with Gasteiger partial charge in [0.2, 0.25) is 0 Å². The largest absolute Gasteiger partial charge is 0.459 e. The molecule has 5 rings (SSSR count). The predicted octanol–water partition coefficient (Wildman–Crippen LogP) is 4.14. The van der Waals surface area contributed by atoms with Crippen LogP contribution >= 0.6 is 0 Å². The fraction of sp³-hybridized carbons (Fsp3) is 0.303. The minimum absolute atomic E-state index is 0.00735. The molecule has 0 saturated heterocycles. The Morgan fingerprint density at radius 2 is 1.38 bits per heavy atom. The van der Waals surface area contributed by atoms with E-state index in [9.17, 15) is 47.3 Å². The summed E-state index contributed by atoms with van der Waals surface area (Å²) < 4.78 is 142. The molecule has 1 unspecified atom stereocenters. The molecule has 1 aliphatic carbocycles. The molecule has 3 aromatic rings. The first kappa shape index (κ1) is 39.3. The minimum Gasteiger partial charge on any atom is -0.459 e. The van der Waals surface area contributed by atoms with Crippen LogP contribution in [-0.4, -0.2) is 82.2 Å². The van der Waals surface area contributed by atoms with Crippen molar-refractivity contribution in [2.45, 2.75) is 48.3 Å². The Morgan fingerprint density at radius 3 is 2.02 bits per heavy atom. The predicted molar refractivity (Wildman–Crippen MR) is 193 cm³/mol. The zero-order valence-electron chi connectivity index (χ0n) is 27.8. The zero-order valence-corrected chi connectivity index (χ0v) is 31.1. The average Bonchev–Trinajstić information content (AvgIpc) is 3.04. The van der Waals surface area contributed by atoms with Crippen molar-refractivity contribution < 1.29 is 56.6 Å². The molecular weight excluding hydrogens is 761 g/mol. The second-order valence-corrected chi connectivity index (χ2v) is 18.3. The summed E-state index contributed by atoms with van der Waals surface area (Å²) in [7, 11) is -18.3. The highest BCUT2D eigenvalue weighted by molar-refractivity contribution is 7.86. The van der Waals surface area contributed by atoms with Gasteiger partial charge in [-0.15, -0.1) is 0 Å². The lowest BCUT2D eigenvalue weighted by molar-refractivity contribution is 0.342. The number of hydrogen-bond acceptors (Lipinski definition) is 11. The number of hydrogen-bond donors (Lipinski definition) is 5. The maximum atomic E-state index is 12.9. The smallest absolute Gasteiger partial charge is 0.295 e. The molecule has 0 bridgehead atoms. The normalized spacial score (nSPS) is 18.7. The number of benzene rings is 3. The van der Waals surface area contributed by atoms with Gasteiger partial charge in [-0.05, 0) is 67.7 Å². The van der Waals surface area contributed by atoms with Crippen LogP contribution in [0.5, 0.6) is 5.75 Å². The second-order valence-electron chi connectivity index (χ2n) is 12.4. The topological polar surface area (TPSA) is 251 Å². The van der Waals surface area contributed by atoms with Crippen molar-refractivity contribution in [1.82, 2.24) is 0 Å². The van der Waals surface area contributed by atoms with Crippen molar-refractivity contribution in [2.24, 2.45) is 4.99 Å². The van der Waals surface area contributed by atoms with E-state index >= 15 is 0 Å². The molecule has 280 valence electrons. The molecule has 2 aliphatic rings. The summed E-state index contributed by atoms with van der Waals surface area (Å²) in [4.78, 5) is 3.70. The molecule has 5 N–H and O–H groups in total. The van der Waals surface area contributed by atoms with E-state index in [-0.39, 0.29) is 60.5 Å². The van der Waals surface area contributed by atoms with Gasteiger partial charge in [-0.3, -0.25) is 23.2 Å². The number of aliphatic imine (C=N–C) groups is 1. The summed E-state index contributed by atoms with van der Waals surface area (Å²) in [6, 6.07) is 14.5. The summed E-state index contributed by atoms with van der Waals surface area (Å²) in [5, 5.41) is 3.12. The van der Waals surface area contributed by atoms with Crippen LogP contribution in [0.15, 0.2) is 92.9 Å². The maximum absolute atomic E-state index is 12.9. The van der Waals surface area contributed by atoms with Gasteiger partial charge in [-0.1, -0.05) is 42.5 Å². The Labute approximate surface area is 302 Å². The van der Waals surface area contributed by atoms with E-state index in [4.69, 9.17) is 14.3 Å². The third-order valence-electron chi connectivity index (χ3n) is 8.75. The zero-order chi connectivity index (χ0) is 38.3. The maximum Gasteiger partial charge on any atom is 0.295 e. The first-order chi connectivity index (χ1) is 24.1. The number of ether oxygens (including phenoxy) is 1. The lowest BCUT2D eigenvalue weighted by atomic mass is 9.67. The van der Waals surface area contributed by atoms with E-state index in [2.05, 4.69) is 5.32 Å². The number of nitrogens with zero attached hydrogens (tertiary/aromatic N) is 1. The fourth-order valence-corrected chi connectivity index (χ4v) is 8.98. The van der Waals surface area contributed by atoms with Crippen LogP contribution in [0, 0.1) is 6.92 Å². The third-order valence-corrected chi connectivity index (χ3v) is 12.2. The van der Waals surface area contributed by atoms with Crippen molar-refractivity contribution in [3.63, 3.8) is 0 Å². The highest BCUT2D eigenvalue weighted by Gasteiger charge is 2.49. The fourth-order valence-electron chi connectivity index (χ4n) is 6.47. The summed E-state index contributed by atoms with van der Waals surface area (Å²) >= 11 is 0. The van der Waals surface area contributed by atoms with Crippen LogP contribution in [0.1, 0.15) is 42.0 Å². The van der Waals surface area contributed by atoms with Gasteiger partial charge in [0, 0.05) is 41.9 Å². The Hall–Kier alpha value is -3.95. The molecule has 0 fully saturated rings. The first-order valence-electron chi connectivity index (χ1n) is 15.7. The minimum atomic E-state index is -4.91. The lowest BCUT2D eigenvalue weighted by Gasteiger charge is -2.42. The van der Waals surface area contributed by atoms with Crippen molar-refractivity contribution in [2.75, 3.05) is 29.9 Å². The Bertz CT molecular complexity index is 2470. The SMILES string of the molecule is Cc1c(NCCCS(=O)(=O)O)ccc2c1OC1=C(C=C(c3ccccc3S(=O)(=O)O)C(=NCCCS(=O)(=O)O)C1(C)c1ccccc1S(=O)(=O)O)C2. The van der Waals surface area contributed by atoms with Crippen LogP contribution in [0.4, 0.5) is 5.69 Å². The summed E-state index contributed by atoms with van der Waals surface area (Å²) in [5.41, 5.74) is 0.691. The van der Waals surface area contributed by atoms with E-state index in [1.165, 1.54) is 48.5 Å². The van der Waals surface area contributed by atoms with Crippen LogP contribution in [-0.2, 0) is 52.3 Å². The first-order valence-corrected chi connectivity index (χ1v) is 21.8. The number of nitrogens with one attached hydrogen (secondary N) is 1. The van der Waals surface area contributed by atoms with Crippen LogP contribution < -0.4 is 10.1 Å². The molecule has 3 aromatic carbocycles. The average molecular weight is 797 g/mol.